The molecule has 3 atom stereocenters. The van der Waals surface area contributed by atoms with Gasteiger partial charge in [-0.3, -0.25) is 4.79 Å². The average molecular weight is 309 g/mol. The maximum Gasteiger partial charge on any atom is 0.326 e. The smallest absolute Gasteiger partial charge is 0.326 e. The summed E-state index contributed by atoms with van der Waals surface area (Å²) in [6.07, 6.45) is 2.32. The molecule has 0 spiro atoms. The van der Waals surface area contributed by atoms with Crippen molar-refractivity contribution in [3.05, 3.63) is 21.4 Å². The first-order chi connectivity index (χ1) is 9.97. The fourth-order valence-corrected chi connectivity index (χ4v) is 4.52. The van der Waals surface area contributed by atoms with Crippen molar-refractivity contribution in [2.24, 2.45) is 5.92 Å². The maximum atomic E-state index is 12.7. The largest absolute Gasteiger partial charge is 0.480 e. The summed E-state index contributed by atoms with van der Waals surface area (Å²) in [7, 11) is 0. The molecule has 0 saturated carbocycles. The first-order valence-electron chi connectivity index (χ1n) is 7.28. The third-order valence-electron chi connectivity index (χ3n) is 4.46. The number of thiophene rings is 1. The highest BCUT2D eigenvalue weighted by Gasteiger charge is 2.40. The first kappa shape index (κ1) is 14.5. The van der Waals surface area contributed by atoms with Crippen molar-refractivity contribution < 1.29 is 19.8 Å². The Bertz CT molecular complexity index is 582. The topological polar surface area (TPSA) is 77.8 Å². The van der Waals surface area contributed by atoms with Gasteiger partial charge in [-0.15, -0.1) is 11.3 Å². The van der Waals surface area contributed by atoms with Gasteiger partial charge in [-0.1, -0.05) is 6.92 Å². The minimum Gasteiger partial charge on any atom is -0.480 e. The Morgan fingerprint density at radius 1 is 1.43 bits per heavy atom. The second kappa shape index (κ2) is 5.42. The van der Waals surface area contributed by atoms with E-state index in [9.17, 15) is 19.8 Å². The Morgan fingerprint density at radius 2 is 2.19 bits per heavy atom. The van der Waals surface area contributed by atoms with Crippen LogP contribution < -0.4 is 0 Å². The van der Waals surface area contributed by atoms with Crippen LogP contribution in [0.1, 0.15) is 40.6 Å². The van der Waals surface area contributed by atoms with Gasteiger partial charge in [0.15, 0.2) is 0 Å². The highest BCUT2D eigenvalue weighted by molar-refractivity contribution is 7.10. The van der Waals surface area contributed by atoms with E-state index < -0.39 is 18.1 Å². The predicted molar refractivity (Wildman–Crippen MR) is 78.6 cm³/mol. The molecule has 5 nitrogen and oxygen atoms in total. The summed E-state index contributed by atoms with van der Waals surface area (Å²) in [4.78, 5) is 26.5. The van der Waals surface area contributed by atoms with Gasteiger partial charge in [0.1, 0.15) is 6.04 Å². The first-order valence-corrected chi connectivity index (χ1v) is 8.16. The van der Waals surface area contributed by atoms with Crippen LogP contribution >= 0.6 is 11.3 Å². The van der Waals surface area contributed by atoms with Crippen molar-refractivity contribution in [3.63, 3.8) is 0 Å². The Morgan fingerprint density at radius 3 is 2.90 bits per heavy atom. The second-order valence-electron chi connectivity index (χ2n) is 6.10. The number of aliphatic hydroxyl groups excluding tert-OH is 1. The van der Waals surface area contributed by atoms with Crippen LogP contribution in [0.25, 0.3) is 0 Å². The van der Waals surface area contributed by atoms with E-state index in [4.69, 9.17) is 0 Å². The van der Waals surface area contributed by atoms with E-state index in [0.29, 0.717) is 11.5 Å². The van der Waals surface area contributed by atoms with Crippen LogP contribution in [0, 0.1) is 5.92 Å². The van der Waals surface area contributed by atoms with Gasteiger partial charge in [-0.2, -0.15) is 0 Å². The standard InChI is InChI=1S/C15H19NO4S/c1-8-2-3-10-11(7-21-13(10)4-8)14(18)16-6-9(17)5-12(16)15(19)20/h7-9,12,17H,2-6H2,1H3,(H,19,20)/t8?,9-,12-/m0/s1. The summed E-state index contributed by atoms with van der Waals surface area (Å²) >= 11 is 1.60. The van der Waals surface area contributed by atoms with Gasteiger partial charge >= 0.3 is 5.97 Å². The number of amides is 1. The molecule has 6 heteroatoms. The molecule has 2 aliphatic rings. The van der Waals surface area contributed by atoms with Crippen LogP contribution in [0.15, 0.2) is 5.38 Å². The fourth-order valence-electron chi connectivity index (χ4n) is 3.28. The van der Waals surface area contributed by atoms with Crippen LogP contribution in [-0.2, 0) is 17.6 Å². The lowest BCUT2D eigenvalue weighted by molar-refractivity contribution is -0.141. The van der Waals surface area contributed by atoms with E-state index in [1.54, 1.807) is 11.3 Å². The zero-order chi connectivity index (χ0) is 15.1. The van der Waals surface area contributed by atoms with E-state index >= 15 is 0 Å². The predicted octanol–water partition coefficient (Wildman–Crippen LogP) is 1.53. The third-order valence-corrected chi connectivity index (χ3v) is 5.51. The molecule has 0 bridgehead atoms. The number of hydrogen-bond donors (Lipinski definition) is 2. The molecular formula is C15H19NO4S. The molecule has 1 aliphatic heterocycles. The molecule has 1 saturated heterocycles. The minimum absolute atomic E-state index is 0.108. The molecule has 1 aromatic rings. The molecule has 2 N–H and O–H groups in total. The number of carbonyl (C=O) groups excluding carboxylic acids is 1. The lowest BCUT2D eigenvalue weighted by Gasteiger charge is -2.23. The van der Waals surface area contributed by atoms with Gasteiger partial charge in [-0.05, 0) is 30.7 Å². The molecular weight excluding hydrogens is 290 g/mol. The molecule has 21 heavy (non-hydrogen) atoms. The van der Waals surface area contributed by atoms with Gasteiger partial charge in [0, 0.05) is 23.2 Å². The van der Waals surface area contributed by atoms with E-state index in [1.807, 2.05) is 5.38 Å². The molecule has 114 valence electrons. The maximum absolute atomic E-state index is 12.7. The minimum atomic E-state index is -1.04. The lowest BCUT2D eigenvalue weighted by atomic mass is 9.88. The Kier molecular flexibility index (Phi) is 3.75. The Balaban J connectivity index is 1.87. The number of aliphatic carboxylic acids is 1. The van der Waals surface area contributed by atoms with E-state index in [1.165, 1.54) is 9.78 Å². The summed E-state index contributed by atoms with van der Waals surface area (Å²) in [6.45, 7) is 2.32. The van der Waals surface area contributed by atoms with E-state index in [2.05, 4.69) is 6.92 Å². The Hall–Kier alpha value is -1.40. The van der Waals surface area contributed by atoms with Crippen LogP contribution in [0.2, 0.25) is 0 Å². The highest BCUT2D eigenvalue weighted by atomic mass is 32.1. The number of carbonyl (C=O) groups is 2. The van der Waals surface area contributed by atoms with Gasteiger partial charge in [0.2, 0.25) is 0 Å². The molecule has 1 unspecified atom stereocenters. The number of carboxylic acid groups (broad SMARTS) is 1. The van der Waals surface area contributed by atoms with Crippen molar-refractivity contribution in [1.29, 1.82) is 0 Å². The summed E-state index contributed by atoms with van der Waals surface area (Å²) in [5, 5.41) is 20.8. The molecule has 3 rings (SSSR count). The number of β-amino-alcohol motifs (C(OH)–C–C–N with tert-alkyl or cyclic N) is 1. The van der Waals surface area contributed by atoms with Crippen LogP contribution in [0.3, 0.4) is 0 Å². The summed E-state index contributed by atoms with van der Waals surface area (Å²) in [6, 6.07) is -0.912. The molecule has 0 aromatic carbocycles. The summed E-state index contributed by atoms with van der Waals surface area (Å²) in [5.74, 6) is -0.650. The zero-order valence-electron chi connectivity index (χ0n) is 11.9. The van der Waals surface area contributed by atoms with Crippen molar-refractivity contribution >= 4 is 23.2 Å². The molecule has 1 aromatic heterocycles. The molecule has 1 fully saturated rings. The normalized spacial score (nSPS) is 28.5. The van der Waals surface area contributed by atoms with Gasteiger partial charge in [0.25, 0.3) is 5.91 Å². The van der Waals surface area contributed by atoms with E-state index in [0.717, 1.165) is 24.8 Å². The third kappa shape index (κ3) is 2.58. The molecule has 1 amide bonds. The SMILES string of the molecule is CC1CCc2c(C(=O)N3C[C@@H](O)C[C@H]3C(=O)O)csc2C1. The number of carboxylic acids is 1. The highest BCUT2D eigenvalue weighted by Crippen LogP contribution is 2.34. The number of hydrogen-bond acceptors (Lipinski definition) is 4. The van der Waals surface area contributed by atoms with Gasteiger partial charge in [0.05, 0.1) is 11.7 Å². The number of likely N-dealkylation sites (tertiary alicyclic amines) is 1. The zero-order valence-corrected chi connectivity index (χ0v) is 12.7. The molecule has 1 aliphatic carbocycles. The number of aliphatic hydroxyl groups is 1. The van der Waals surface area contributed by atoms with Crippen molar-refractivity contribution in [2.45, 2.75) is 44.8 Å². The molecule has 0 radical (unpaired) electrons. The van der Waals surface area contributed by atoms with Crippen molar-refractivity contribution in [1.82, 2.24) is 4.90 Å². The number of nitrogens with zero attached hydrogens (tertiary/aromatic N) is 1. The van der Waals surface area contributed by atoms with Crippen LogP contribution in [-0.4, -0.2) is 45.7 Å². The van der Waals surface area contributed by atoms with Crippen LogP contribution in [0.5, 0.6) is 0 Å². The quantitative estimate of drug-likeness (QED) is 0.868. The van der Waals surface area contributed by atoms with Gasteiger partial charge in [-0.25, -0.2) is 4.79 Å². The number of rotatable bonds is 2. The Labute approximate surface area is 127 Å². The second-order valence-corrected chi connectivity index (χ2v) is 7.06. The van der Waals surface area contributed by atoms with Crippen molar-refractivity contribution in [3.8, 4) is 0 Å². The van der Waals surface area contributed by atoms with Crippen LogP contribution in [0.4, 0.5) is 0 Å². The summed E-state index contributed by atoms with van der Waals surface area (Å²) in [5.41, 5.74) is 1.73. The monoisotopic (exact) mass is 309 g/mol. The average Bonchev–Trinajstić information content (AvgIpc) is 3.01. The lowest BCUT2D eigenvalue weighted by Crippen LogP contribution is -2.40. The van der Waals surface area contributed by atoms with E-state index in [-0.39, 0.29) is 18.9 Å². The molecule has 2 heterocycles. The summed E-state index contributed by atoms with van der Waals surface area (Å²) < 4.78 is 0. The number of fused-ring (bicyclic) bond motifs is 1. The van der Waals surface area contributed by atoms with Crippen molar-refractivity contribution in [2.75, 3.05) is 6.54 Å². The van der Waals surface area contributed by atoms with Gasteiger partial charge < -0.3 is 15.1 Å². The fraction of sp³-hybridized carbons (Fsp3) is 0.600.